The van der Waals surface area contributed by atoms with Gasteiger partial charge in [-0.15, -0.1) is 0 Å². The zero-order chi connectivity index (χ0) is 20.6. The van der Waals surface area contributed by atoms with Gasteiger partial charge in [-0.1, -0.05) is 30.3 Å². The summed E-state index contributed by atoms with van der Waals surface area (Å²) in [5, 5.41) is 0. The van der Waals surface area contributed by atoms with E-state index in [0.717, 1.165) is 5.56 Å². The summed E-state index contributed by atoms with van der Waals surface area (Å²) in [4.78, 5) is 20.4. The number of rotatable bonds is 3. The van der Waals surface area contributed by atoms with Crippen molar-refractivity contribution in [1.82, 2.24) is 9.55 Å². The number of anilines is 2. The normalized spacial score (nSPS) is 22.5. The first-order valence-electron chi connectivity index (χ1n) is 9.68. The largest absolute Gasteiger partial charge is 0.408 e. The fourth-order valence-electron chi connectivity index (χ4n) is 3.95. The van der Waals surface area contributed by atoms with Gasteiger partial charge in [0.1, 0.15) is 11.9 Å². The molecule has 0 bridgehead atoms. The van der Waals surface area contributed by atoms with Crippen LogP contribution in [0.25, 0.3) is 0 Å². The molecule has 0 saturated carbocycles. The molecule has 0 radical (unpaired) electrons. The highest BCUT2D eigenvalue weighted by Crippen LogP contribution is 2.35. The van der Waals surface area contributed by atoms with E-state index in [2.05, 4.69) is 4.98 Å². The zero-order valence-electron chi connectivity index (χ0n) is 16.1. The van der Waals surface area contributed by atoms with Gasteiger partial charge in [0, 0.05) is 32.2 Å². The highest BCUT2D eigenvalue weighted by Gasteiger charge is 2.47. The zero-order valence-corrected chi connectivity index (χ0v) is 16.1. The van der Waals surface area contributed by atoms with Gasteiger partial charge in [-0.05, 0) is 18.9 Å². The predicted octanol–water partition coefficient (Wildman–Crippen LogP) is 2.81. The molecular weight excluding hydrogens is 385 g/mol. The highest BCUT2D eigenvalue weighted by molar-refractivity contribution is 5.47. The van der Waals surface area contributed by atoms with Crippen molar-refractivity contribution < 1.29 is 17.9 Å². The molecule has 0 N–H and O–H groups in total. The van der Waals surface area contributed by atoms with Gasteiger partial charge in [0.2, 0.25) is 5.95 Å². The minimum atomic E-state index is -4.42. The lowest BCUT2D eigenvalue weighted by Crippen LogP contribution is -2.52. The van der Waals surface area contributed by atoms with Crippen molar-refractivity contribution in [2.45, 2.75) is 44.8 Å². The summed E-state index contributed by atoms with van der Waals surface area (Å²) in [5.41, 5.74) is 0.401. The molecule has 2 aromatic rings. The van der Waals surface area contributed by atoms with Crippen molar-refractivity contribution in [2.75, 3.05) is 29.5 Å². The van der Waals surface area contributed by atoms with Crippen LogP contribution in [-0.4, -0.2) is 47.6 Å². The Morgan fingerprint density at radius 2 is 1.97 bits per heavy atom. The van der Waals surface area contributed by atoms with Crippen molar-refractivity contribution in [3.05, 3.63) is 52.3 Å². The molecule has 9 heteroatoms. The number of fused-ring (bicyclic) bond motifs is 1. The highest BCUT2D eigenvalue weighted by atomic mass is 19.4. The summed E-state index contributed by atoms with van der Waals surface area (Å²) < 4.78 is 48.3. The number of benzene rings is 1. The number of halogens is 3. The van der Waals surface area contributed by atoms with Gasteiger partial charge in [0.15, 0.2) is 0 Å². The van der Waals surface area contributed by atoms with Gasteiger partial charge in [-0.3, -0.25) is 9.36 Å². The number of nitrogens with zero attached hydrogens (tertiary/aromatic N) is 4. The van der Waals surface area contributed by atoms with E-state index in [1.165, 1.54) is 15.5 Å². The van der Waals surface area contributed by atoms with Crippen LogP contribution >= 0.6 is 0 Å². The molecule has 1 aromatic carbocycles. The molecule has 3 heterocycles. The topological polar surface area (TPSA) is 50.6 Å². The Morgan fingerprint density at radius 1 is 1.21 bits per heavy atom. The molecule has 4 rings (SSSR count). The first kappa shape index (κ1) is 19.8. The Labute approximate surface area is 166 Å². The molecule has 156 valence electrons. The molecule has 1 aromatic heterocycles. The van der Waals surface area contributed by atoms with E-state index >= 15 is 0 Å². The first-order valence-corrected chi connectivity index (χ1v) is 9.68. The number of ether oxygens (including phenoxy) is 1. The predicted molar refractivity (Wildman–Crippen MR) is 103 cm³/mol. The van der Waals surface area contributed by atoms with Gasteiger partial charge >= 0.3 is 6.18 Å². The molecule has 1 fully saturated rings. The first-order chi connectivity index (χ1) is 13.8. The quantitative estimate of drug-likeness (QED) is 0.782. The molecule has 1 saturated heterocycles. The van der Waals surface area contributed by atoms with E-state index < -0.39 is 12.2 Å². The maximum absolute atomic E-state index is 13.8. The SMILES string of the molecule is C[C@H]1CN(c2cc(=O)n3c(n2)N(Cc2ccccc2)C(C(F)(F)F)CC3)CCO1. The second-order valence-corrected chi connectivity index (χ2v) is 7.49. The van der Waals surface area contributed by atoms with Crippen LogP contribution in [0.2, 0.25) is 0 Å². The molecule has 2 atom stereocenters. The summed E-state index contributed by atoms with van der Waals surface area (Å²) >= 11 is 0. The molecule has 6 nitrogen and oxygen atoms in total. The maximum Gasteiger partial charge on any atom is 0.408 e. The van der Waals surface area contributed by atoms with Gasteiger partial charge in [0.25, 0.3) is 5.56 Å². The third-order valence-corrected chi connectivity index (χ3v) is 5.37. The average molecular weight is 408 g/mol. The molecular formula is C20H23F3N4O2. The third-order valence-electron chi connectivity index (χ3n) is 5.37. The number of hydrogen-bond donors (Lipinski definition) is 0. The molecule has 2 aliphatic rings. The standard InChI is InChI=1S/C20H23F3N4O2/c1-14-12-25(9-10-29-14)17-11-18(28)26-8-7-16(20(21,22)23)27(19(26)24-17)13-15-5-3-2-4-6-15/h2-6,11,14,16H,7-10,12-13H2,1H3/t14-,16?/m0/s1. The summed E-state index contributed by atoms with van der Waals surface area (Å²) in [6, 6.07) is 8.66. The smallest absolute Gasteiger partial charge is 0.375 e. The number of alkyl halides is 3. The summed E-state index contributed by atoms with van der Waals surface area (Å²) in [5.74, 6) is 0.473. The Kier molecular flexibility index (Phi) is 5.24. The molecule has 29 heavy (non-hydrogen) atoms. The maximum atomic E-state index is 13.8. The van der Waals surface area contributed by atoms with E-state index in [9.17, 15) is 18.0 Å². The molecule has 1 unspecified atom stereocenters. The Hall–Kier alpha value is -2.55. The second kappa shape index (κ2) is 7.70. The number of aromatic nitrogens is 2. The van der Waals surface area contributed by atoms with Crippen LogP contribution in [0.3, 0.4) is 0 Å². The van der Waals surface area contributed by atoms with Crippen LogP contribution in [0.1, 0.15) is 18.9 Å². The van der Waals surface area contributed by atoms with Crippen LogP contribution in [0, 0.1) is 0 Å². The number of hydrogen-bond acceptors (Lipinski definition) is 5. The van der Waals surface area contributed by atoms with Crippen LogP contribution in [-0.2, 0) is 17.8 Å². The summed E-state index contributed by atoms with van der Waals surface area (Å²) in [7, 11) is 0. The second-order valence-electron chi connectivity index (χ2n) is 7.49. The monoisotopic (exact) mass is 408 g/mol. The van der Waals surface area contributed by atoms with E-state index in [-0.39, 0.29) is 37.1 Å². The van der Waals surface area contributed by atoms with Crippen LogP contribution in [0.4, 0.5) is 24.9 Å². The Morgan fingerprint density at radius 3 is 2.66 bits per heavy atom. The van der Waals surface area contributed by atoms with Crippen molar-refractivity contribution in [3.63, 3.8) is 0 Å². The third kappa shape index (κ3) is 4.10. The van der Waals surface area contributed by atoms with E-state index in [4.69, 9.17) is 4.74 Å². The summed E-state index contributed by atoms with van der Waals surface area (Å²) in [6.45, 7) is 3.51. The lowest BCUT2D eigenvalue weighted by atomic mass is 10.1. The fraction of sp³-hybridized carbons (Fsp3) is 0.500. The number of morpholine rings is 1. The van der Waals surface area contributed by atoms with Crippen molar-refractivity contribution in [1.29, 1.82) is 0 Å². The van der Waals surface area contributed by atoms with Gasteiger partial charge in [-0.25, -0.2) is 0 Å². The van der Waals surface area contributed by atoms with Gasteiger partial charge in [0.05, 0.1) is 12.7 Å². The molecule has 2 aliphatic heterocycles. The van der Waals surface area contributed by atoms with Crippen molar-refractivity contribution >= 4 is 11.8 Å². The fourth-order valence-corrected chi connectivity index (χ4v) is 3.95. The molecule has 0 spiro atoms. The van der Waals surface area contributed by atoms with Crippen LogP contribution < -0.4 is 15.4 Å². The lowest BCUT2D eigenvalue weighted by molar-refractivity contribution is -0.153. The minimum absolute atomic E-state index is 0.00354. The van der Waals surface area contributed by atoms with Gasteiger partial charge < -0.3 is 14.5 Å². The minimum Gasteiger partial charge on any atom is -0.375 e. The van der Waals surface area contributed by atoms with Crippen molar-refractivity contribution in [2.24, 2.45) is 0 Å². The van der Waals surface area contributed by atoms with E-state index in [1.807, 2.05) is 17.9 Å². The lowest BCUT2D eigenvalue weighted by Gasteiger charge is -2.40. The molecule has 0 aliphatic carbocycles. The van der Waals surface area contributed by atoms with Gasteiger partial charge in [-0.2, -0.15) is 18.2 Å². The average Bonchev–Trinajstić information content (AvgIpc) is 2.68. The van der Waals surface area contributed by atoms with E-state index in [0.29, 0.717) is 25.5 Å². The molecule has 0 amide bonds. The van der Waals surface area contributed by atoms with E-state index in [1.54, 1.807) is 24.3 Å². The van der Waals surface area contributed by atoms with Crippen LogP contribution in [0.15, 0.2) is 41.2 Å². The van der Waals surface area contributed by atoms with Crippen LogP contribution in [0.5, 0.6) is 0 Å². The Bertz CT molecular complexity index is 916. The Balaban J connectivity index is 1.76. The summed E-state index contributed by atoms with van der Waals surface area (Å²) in [6.07, 6.45) is -4.63. The van der Waals surface area contributed by atoms with Crippen molar-refractivity contribution in [3.8, 4) is 0 Å².